The molecule has 2 fully saturated rings. The topological polar surface area (TPSA) is 67.6 Å². The molecule has 2 atom stereocenters. The number of pyridine rings is 1. The zero-order valence-electron chi connectivity index (χ0n) is 22.5. The van der Waals surface area contributed by atoms with Crippen molar-refractivity contribution in [1.82, 2.24) is 14.5 Å². The van der Waals surface area contributed by atoms with Crippen molar-refractivity contribution in [3.63, 3.8) is 0 Å². The molecule has 0 spiro atoms. The van der Waals surface area contributed by atoms with E-state index >= 15 is 0 Å². The first-order chi connectivity index (χ1) is 19.1. The van der Waals surface area contributed by atoms with E-state index < -0.39 is 5.97 Å². The molecule has 2 aromatic carbocycles. The van der Waals surface area contributed by atoms with Gasteiger partial charge in [0.05, 0.1) is 11.3 Å². The van der Waals surface area contributed by atoms with Crippen LogP contribution in [0.15, 0.2) is 60.9 Å². The summed E-state index contributed by atoms with van der Waals surface area (Å²) in [7, 11) is 2.24. The normalized spacial score (nSPS) is 21.3. The minimum absolute atomic E-state index is 0.304. The molecule has 2 unspecified atom stereocenters. The molecule has 2 aromatic heterocycles. The molecule has 1 aliphatic carbocycles. The molecular weight excluding hydrogens is 486 g/mol. The summed E-state index contributed by atoms with van der Waals surface area (Å²) in [5.74, 6) is 0.966. The zero-order valence-corrected chi connectivity index (χ0v) is 22.5. The lowest BCUT2D eigenvalue weighted by molar-refractivity contribution is 0.0697. The average Bonchev–Trinajstić information content (AvgIpc) is 3.45. The Labute approximate surface area is 229 Å². The zero-order chi connectivity index (χ0) is 26.5. The summed E-state index contributed by atoms with van der Waals surface area (Å²) in [5, 5.41) is 11.1. The van der Waals surface area contributed by atoms with Gasteiger partial charge in [-0.3, -0.25) is 9.88 Å². The van der Waals surface area contributed by atoms with E-state index in [9.17, 15) is 9.90 Å². The largest absolute Gasteiger partial charge is 0.489 e. The third-order valence-corrected chi connectivity index (χ3v) is 9.28. The summed E-state index contributed by atoms with van der Waals surface area (Å²) in [6, 6.07) is 16.7. The van der Waals surface area contributed by atoms with E-state index in [0.717, 1.165) is 36.3 Å². The van der Waals surface area contributed by atoms with Crippen molar-refractivity contribution in [2.24, 2.45) is 5.92 Å². The van der Waals surface area contributed by atoms with E-state index in [4.69, 9.17) is 4.74 Å². The van der Waals surface area contributed by atoms with Crippen molar-refractivity contribution in [1.29, 1.82) is 0 Å². The Kier molecular flexibility index (Phi) is 6.15. The lowest BCUT2D eigenvalue weighted by Crippen LogP contribution is -2.22. The first kappa shape index (κ1) is 24.4. The number of hydrogen-bond acceptors (Lipinski definition) is 4. The molecule has 1 N–H and O–H groups in total. The van der Waals surface area contributed by atoms with Gasteiger partial charge in [0.1, 0.15) is 12.4 Å². The number of nitrogens with zero attached hydrogens (tertiary/aromatic N) is 3. The summed E-state index contributed by atoms with van der Waals surface area (Å²) in [6.45, 7) is 2.44. The van der Waals surface area contributed by atoms with Crippen molar-refractivity contribution < 1.29 is 14.6 Å². The molecule has 0 radical (unpaired) electrons. The highest BCUT2D eigenvalue weighted by Crippen LogP contribution is 2.51. The van der Waals surface area contributed by atoms with Crippen LogP contribution in [-0.2, 0) is 13.2 Å². The molecule has 39 heavy (non-hydrogen) atoms. The van der Waals surface area contributed by atoms with Gasteiger partial charge in [-0.15, -0.1) is 0 Å². The Balaban J connectivity index is 1.42. The molecule has 2 aliphatic heterocycles. The fourth-order valence-corrected chi connectivity index (χ4v) is 7.48. The number of benzene rings is 2. The Morgan fingerprint density at radius 2 is 1.95 bits per heavy atom. The number of hydrogen-bond donors (Lipinski definition) is 1. The Bertz CT molecular complexity index is 1540. The molecule has 1 saturated heterocycles. The number of rotatable bonds is 5. The molecule has 6 nitrogen and oxygen atoms in total. The quantitative estimate of drug-likeness (QED) is 0.305. The van der Waals surface area contributed by atoms with Gasteiger partial charge in [-0.05, 0) is 92.2 Å². The van der Waals surface area contributed by atoms with Gasteiger partial charge in [-0.2, -0.15) is 0 Å². The molecule has 3 aliphatic rings. The van der Waals surface area contributed by atoms with Gasteiger partial charge in [0.25, 0.3) is 0 Å². The minimum atomic E-state index is -0.866. The van der Waals surface area contributed by atoms with E-state index in [1.165, 1.54) is 59.9 Å². The first-order valence-corrected chi connectivity index (χ1v) is 14.3. The number of fused-ring (bicyclic) bond motifs is 7. The smallest absolute Gasteiger partial charge is 0.335 e. The third kappa shape index (κ3) is 4.22. The third-order valence-electron chi connectivity index (χ3n) is 9.28. The van der Waals surface area contributed by atoms with Gasteiger partial charge in [-0.1, -0.05) is 31.4 Å². The monoisotopic (exact) mass is 521 g/mol. The fraction of sp³-hybridized carbons (Fsp3) is 0.394. The number of carboxylic acid groups (broad SMARTS) is 1. The van der Waals surface area contributed by atoms with Crippen molar-refractivity contribution in [2.75, 3.05) is 13.6 Å². The van der Waals surface area contributed by atoms with Crippen LogP contribution in [0.1, 0.15) is 77.5 Å². The number of aromatic carboxylic acids is 1. The van der Waals surface area contributed by atoms with E-state index in [-0.39, 0.29) is 0 Å². The maximum absolute atomic E-state index is 12.0. The van der Waals surface area contributed by atoms with Crippen molar-refractivity contribution >= 4 is 16.9 Å². The predicted octanol–water partition coefficient (Wildman–Crippen LogP) is 7.03. The molecule has 6 heteroatoms. The summed E-state index contributed by atoms with van der Waals surface area (Å²) in [5.41, 5.74) is 7.83. The number of ether oxygens (including phenoxy) is 1. The van der Waals surface area contributed by atoms with Gasteiger partial charge in [-0.25, -0.2) is 4.79 Å². The average molecular weight is 522 g/mol. The number of likely N-dealkylation sites (tertiary alicyclic amines) is 1. The fourth-order valence-electron chi connectivity index (χ4n) is 7.48. The number of carbonyl (C=O) groups is 1. The molecule has 200 valence electrons. The summed E-state index contributed by atoms with van der Waals surface area (Å²) in [6.07, 6.45) is 11.0. The number of carboxylic acids is 1. The minimum Gasteiger partial charge on any atom is -0.489 e. The molecular formula is C33H35N3O3. The van der Waals surface area contributed by atoms with Crippen LogP contribution in [0, 0.1) is 5.92 Å². The second-order valence-electron chi connectivity index (χ2n) is 11.6. The summed E-state index contributed by atoms with van der Waals surface area (Å²) in [4.78, 5) is 18.7. The van der Waals surface area contributed by atoms with Crippen molar-refractivity contribution in [2.45, 2.75) is 63.6 Å². The van der Waals surface area contributed by atoms with E-state index in [1.54, 1.807) is 12.3 Å². The van der Waals surface area contributed by atoms with Gasteiger partial charge >= 0.3 is 5.97 Å². The van der Waals surface area contributed by atoms with Crippen LogP contribution < -0.4 is 4.74 Å². The Morgan fingerprint density at radius 1 is 1.08 bits per heavy atom. The summed E-state index contributed by atoms with van der Waals surface area (Å²) >= 11 is 0. The lowest BCUT2D eigenvalue weighted by Gasteiger charge is -2.26. The molecule has 1 saturated carbocycles. The van der Waals surface area contributed by atoms with Crippen LogP contribution in [0.4, 0.5) is 0 Å². The molecule has 0 bridgehead atoms. The second kappa shape index (κ2) is 9.83. The highest BCUT2D eigenvalue weighted by molar-refractivity contribution is 5.98. The van der Waals surface area contributed by atoms with Crippen LogP contribution >= 0.6 is 0 Å². The van der Waals surface area contributed by atoms with Gasteiger partial charge in [0, 0.05) is 47.0 Å². The lowest BCUT2D eigenvalue weighted by atomic mass is 9.81. The molecule has 0 amide bonds. The van der Waals surface area contributed by atoms with Crippen LogP contribution in [0.25, 0.3) is 22.2 Å². The van der Waals surface area contributed by atoms with Crippen molar-refractivity contribution in [3.05, 3.63) is 83.2 Å². The van der Waals surface area contributed by atoms with Crippen LogP contribution in [-0.4, -0.2) is 39.1 Å². The molecule has 7 rings (SSSR count). The van der Waals surface area contributed by atoms with Gasteiger partial charge in [0.2, 0.25) is 0 Å². The SMILES string of the molecule is CN1CCC2Cn3c(c(C4CCCCC4)c4ccc(C(=O)O)cc43)-c3ccc(OCc4cccnc4)cc3C21. The highest BCUT2D eigenvalue weighted by Gasteiger charge is 2.40. The van der Waals surface area contributed by atoms with E-state index in [2.05, 4.69) is 45.8 Å². The summed E-state index contributed by atoms with van der Waals surface area (Å²) < 4.78 is 8.76. The molecule has 4 heterocycles. The second-order valence-corrected chi connectivity index (χ2v) is 11.6. The van der Waals surface area contributed by atoms with Crippen LogP contribution in [0.3, 0.4) is 0 Å². The van der Waals surface area contributed by atoms with Gasteiger partial charge < -0.3 is 14.4 Å². The number of aromatic nitrogens is 2. The Hall–Kier alpha value is -3.64. The van der Waals surface area contributed by atoms with E-state index in [1.807, 2.05) is 24.4 Å². The standard InChI is InChI=1S/C33H35N3O3/c1-35-15-13-24-19-36-29-16-23(33(37)38)9-11-27(29)30(22-7-3-2-4-8-22)32(36)26-12-10-25(17-28(26)31(24)35)39-20-21-6-5-14-34-18-21/h5-6,9-12,14,16-18,22,24,31H,2-4,7-8,13,15,19-20H2,1H3,(H,37,38). The van der Waals surface area contributed by atoms with Crippen LogP contribution in [0.2, 0.25) is 0 Å². The van der Waals surface area contributed by atoms with Crippen LogP contribution in [0.5, 0.6) is 5.75 Å². The first-order valence-electron chi connectivity index (χ1n) is 14.3. The van der Waals surface area contributed by atoms with Gasteiger partial charge in [0.15, 0.2) is 0 Å². The Morgan fingerprint density at radius 3 is 2.74 bits per heavy atom. The maximum Gasteiger partial charge on any atom is 0.335 e. The van der Waals surface area contributed by atoms with E-state index in [0.29, 0.717) is 30.0 Å². The highest BCUT2D eigenvalue weighted by atomic mass is 16.5. The van der Waals surface area contributed by atoms with Crippen molar-refractivity contribution in [3.8, 4) is 17.0 Å². The predicted molar refractivity (Wildman–Crippen MR) is 152 cm³/mol. The maximum atomic E-state index is 12.0. The molecule has 4 aromatic rings.